The van der Waals surface area contributed by atoms with E-state index in [-0.39, 0.29) is 163 Å². The number of hydrogen-bond acceptors (Lipinski definition) is 24. The van der Waals surface area contributed by atoms with Crippen LogP contribution in [0.1, 0.15) is 188 Å². The summed E-state index contributed by atoms with van der Waals surface area (Å²) in [7, 11) is 0.668. The summed E-state index contributed by atoms with van der Waals surface area (Å²) in [4.78, 5) is 113. The van der Waals surface area contributed by atoms with Crippen molar-refractivity contribution in [2.24, 2.45) is 0 Å². The minimum absolute atomic E-state index is 0.0138. The number of rotatable bonds is 32. The Morgan fingerprint density at radius 3 is 0.784 bits per heavy atom. The number of ether oxygens (including phenoxy) is 4. The zero-order valence-corrected chi connectivity index (χ0v) is 65.5. The van der Waals surface area contributed by atoms with E-state index >= 15 is 0 Å². The molecule has 0 spiro atoms. The van der Waals surface area contributed by atoms with Crippen molar-refractivity contribution in [1.29, 1.82) is 0 Å². The van der Waals surface area contributed by atoms with Crippen molar-refractivity contribution >= 4 is 46.4 Å². The first-order valence-corrected chi connectivity index (χ1v) is 36.8. The Morgan fingerprint density at radius 2 is 0.578 bits per heavy atom. The standard InChI is InChI=1S/4C20H30N6O3/c4*1-4-18(27)26(17-9-7-6-8-10-17)20(29-3)11-13-23(14-12-20)15-16-25-19(28)24(5-2)21-22-25/h4*6-10H,4-5,11-16H2,1-3H3/i1D3,4D2,6D,7D,8D,9D,10D,16D2;4D2,6D,7D,8D,9D,10D,16D2;3D3,6D,7D,8D,9D,10D,16D2;1D3,6D,7D,8D,9D,10D,16D2. The second kappa shape index (κ2) is 43.2. The number of para-hydroxylation sites is 4. The van der Waals surface area contributed by atoms with E-state index in [1.54, 1.807) is 47.3 Å². The van der Waals surface area contributed by atoms with Gasteiger partial charge in [-0.3, -0.25) is 38.8 Å². The van der Waals surface area contributed by atoms with Gasteiger partial charge in [-0.25, -0.2) is 19.2 Å². The summed E-state index contributed by atoms with van der Waals surface area (Å²) >= 11 is 0. The molecule has 4 aliphatic heterocycles. The summed E-state index contributed by atoms with van der Waals surface area (Å²) in [6, 6.07) is -14.4. The molecule has 4 saturated heterocycles. The minimum Gasteiger partial charge on any atom is -0.358 e. The van der Waals surface area contributed by atoms with Crippen LogP contribution in [0, 0.1) is 0 Å². The van der Waals surface area contributed by atoms with Crippen LogP contribution in [-0.2, 0) is 90.3 Å². The highest BCUT2D eigenvalue weighted by atomic mass is 16.5. The summed E-state index contributed by atoms with van der Waals surface area (Å²) < 4.78 is 360. The molecule has 12 rings (SSSR count). The molecule has 0 saturated carbocycles. The van der Waals surface area contributed by atoms with Gasteiger partial charge in [0.2, 0.25) is 23.6 Å². The first-order chi connectivity index (χ1) is 72.3. The number of benzene rings is 4. The average Bonchev–Trinajstić information content (AvgIpc) is 1.14. The largest absolute Gasteiger partial charge is 0.363 e. The van der Waals surface area contributed by atoms with Crippen LogP contribution < -0.4 is 42.4 Å². The fourth-order valence-corrected chi connectivity index (χ4v) is 13.0. The lowest BCUT2D eigenvalue weighted by molar-refractivity contribution is -0.129. The monoisotopic (exact) mass is 1650 g/mol. The van der Waals surface area contributed by atoms with E-state index in [1.165, 1.54) is 21.1 Å². The van der Waals surface area contributed by atoms with Gasteiger partial charge < -0.3 is 38.5 Å². The summed E-state index contributed by atoms with van der Waals surface area (Å²) in [6.45, 7) is -6.18. The molecule has 0 atom stereocenters. The summed E-state index contributed by atoms with van der Waals surface area (Å²) in [5.74, 6) is -4.57. The van der Waals surface area contributed by atoms with Crippen molar-refractivity contribution < 1.29 is 94.3 Å². The van der Waals surface area contributed by atoms with E-state index in [0.717, 1.165) is 47.5 Å². The number of anilines is 4. The third-order valence-corrected chi connectivity index (χ3v) is 19.6. The molecule has 0 N–H and O–H groups in total. The highest BCUT2D eigenvalue weighted by Gasteiger charge is 2.47. The number of nitrogens with zero attached hydrogens (tertiary/aromatic N) is 24. The Balaban J connectivity index is 0.000000231. The molecule has 4 aliphatic rings. The van der Waals surface area contributed by atoms with E-state index in [0.29, 0.717) is 23.6 Å². The lowest BCUT2D eigenvalue weighted by atomic mass is 9.96. The summed E-state index contributed by atoms with van der Waals surface area (Å²) in [6.07, 6.45) is -8.06. The van der Waals surface area contributed by atoms with Crippen LogP contribution in [0.15, 0.2) is 140 Å². The van der Waals surface area contributed by atoms with Crippen molar-refractivity contribution in [3.05, 3.63) is 163 Å². The number of likely N-dealkylation sites (tertiary alicyclic amines) is 4. The molecule has 4 aromatic heterocycles. The van der Waals surface area contributed by atoms with Crippen LogP contribution in [0.3, 0.4) is 0 Å². The van der Waals surface area contributed by atoms with E-state index < -0.39 is 279 Å². The van der Waals surface area contributed by atoms with Crippen LogP contribution >= 0.6 is 0 Å². The topological polar surface area (TPSA) is 342 Å². The third kappa shape index (κ3) is 21.6. The molecule has 4 amide bonds. The molecule has 0 unspecified atom stereocenters. The molecular formula is C80H120N24O12. The Hall–Kier alpha value is -10.1. The van der Waals surface area contributed by atoms with Gasteiger partial charge >= 0.3 is 22.8 Å². The predicted octanol–water partition coefficient (Wildman–Crippen LogP) is 5.37. The van der Waals surface area contributed by atoms with E-state index in [9.17, 15) is 38.4 Å². The number of carbonyl (C=O) groups excluding carboxylic acids is 4. The molecule has 0 aliphatic carbocycles. The van der Waals surface area contributed by atoms with Crippen LogP contribution in [0.2, 0.25) is 0 Å². The van der Waals surface area contributed by atoms with Crippen molar-refractivity contribution in [2.45, 2.75) is 207 Å². The zero-order valence-electron chi connectivity index (χ0n) is 107. The second-order valence-electron chi connectivity index (χ2n) is 25.7. The van der Waals surface area contributed by atoms with E-state index in [4.69, 9.17) is 75.1 Å². The van der Waals surface area contributed by atoms with Gasteiger partial charge in [-0.1, -0.05) is 100 Å². The Bertz CT molecular complexity index is 6610. The van der Waals surface area contributed by atoms with Gasteiger partial charge in [0.25, 0.3) is 0 Å². The molecule has 8 heterocycles. The Labute approximate surface area is 735 Å². The highest BCUT2D eigenvalue weighted by molar-refractivity contribution is 5.96. The molecular weight excluding hydrogens is 1490 g/mol. The lowest BCUT2D eigenvalue weighted by Gasteiger charge is -2.47. The maximum atomic E-state index is 13.7. The first-order valence-electron chi connectivity index (χ1n) is 57.3. The average molecular weight is 1650 g/mol. The van der Waals surface area contributed by atoms with Crippen LogP contribution in [0.5, 0.6) is 0 Å². The quantitative estimate of drug-likeness (QED) is 0.0478. The molecule has 8 aromatic rings. The van der Waals surface area contributed by atoms with Gasteiger partial charge in [0, 0.05) is 246 Å². The molecule has 36 nitrogen and oxygen atoms in total. The highest BCUT2D eigenvalue weighted by Crippen LogP contribution is 2.39. The number of hydrogen-bond donors (Lipinski definition) is 0. The Morgan fingerprint density at radius 1 is 0.345 bits per heavy atom. The first kappa shape index (κ1) is 48.6. The molecule has 0 radical (unpaired) electrons. The number of tetrazole rings is 4. The summed E-state index contributed by atoms with van der Waals surface area (Å²) in [5.41, 5.74) is -12.2. The van der Waals surface area contributed by atoms with Gasteiger partial charge in [0.15, 0.2) is 0 Å². The third-order valence-electron chi connectivity index (χ3n) is 19.6. The number of methoxy groups -OCH3 is 4. The molecule has 632 valence electrons. The fraction of sp³-hybridized carbons (Fsp3) is 0.600. The zero-order chi connectivity index (χ0) is 119. The van der Waals surface area contributed by atoms with Gasteiger partial charge in [-0.15, -0.1) is 0 Å². The van der Waals surface area contributed by atoms with Crippen LogP contribution in [0.25, 0.3) is 0 Å². The lowest BCUT2D eigenvalue weighted by Crippen LogP contribution is -2.59. The maximum Gasteiger partial charge on any atom is 0.363 e. The molecule has 36 heteroatoms. The number of piperidine rings is 4. The van der Waals surface area contributed by atoms with Gasteiger partial charge in [-0.2, -0.15) is 37.5 Å². The van der Waals surface area contributed by atoms with Crippen molar-refractivity contribution in [3.8, 4) is 0 Å². The molecule has 0 bridgehead atoms. The van der Waals surface area contributed by atoms with E-state index in [1.807, 2.05) is 0 Å². The number of carbonyl (C=O) groups is 4. The summed E-state index contributed by atoms with van der Waals surface area (Å²) in [5, 5.41) is 29.0. The van der Waals surface area contributed by atoms with Crippen molar-refractivity contribution in [3.63, 3.8) is 0 Å². The number of aryl methyl sites for hydroxylation is 4. The normalized spacial score (nSPS) is 22.8. The van der Waals surface area contributed by atoms with Gasteiger partial charge in [0.1, 0.15) is 22.9 Å². The SMILES string of the molecule is [2H]c1c([2H])c([2H])c(N(C(=O)C([2H])([2H])C([2H])([2H])[2H])C2(OC)CCN(CC([2H])([2H])n3nnn(CC)c3=O)CC2)c([2H])c1[2H].[2H]c1c([2H])c([2H])c(N(C(=O)C([2H])([2H])C)C2(OC)CCN(CC([2H])([2H])n3nnn(CC)c3=O)CC2)c([2H])c1[2H].[2H]c1c([2H])c([2H])c(N(C(=O)CC([2H])([2H])[2H])C2(OC)CCN(CC([2H])([2H])n3nnn(CC)c3=O)CC2)c([2H])c1[2H].[2H]c1c([2H])c([2H])c(N(C(=O)CC)C2(OC([2H])([2H])[2H])CCN(CC([2H])([2H])n3nnn(CC)c3=O)CC2)c([2H])c1[2H]. The Kier molecular flexibility index (Phi) is 18.1. The molecule has 4 fully saturated rings. The molecule has 4 aromatic carbocycles. The van der Waals surface area contributed by atoms with Crippen molar-refractivity contribution in [1.82, 2.24) is 98.8 Å². The van der Waals surface area contributed by atoms with E-state index in [2.05, 4.69) is 41.7 Å². The van der Waals surface area contributed by atoms with Crippen LogP contribution in [-0.4, -0.2) is 252 Å². The molecule has 116 heavy (non-hydrogen) atoms. The maximum absolute atomic E-state index is 13.7. The van der Waals surface area contributed by atoms with Crippen molar-refractivity contribution in [2.75, 3.05) is 127 Å². The van der Waals surface area contributed by atoms with Crippen LogP contribution in [0.4, 0.5) is 22.7 Å². The number of amides is 4. The predicted molar refractivity (Wildman–Crippen MR) is 438 cm³/mol. The van der Waals surface area contributed by atoms with Gasteiger partial charge in [-0.05, 0) is 118 Å². The minimum atomic E-state index is -3.54. The number of aromatic nitrogens is 16. The fourth-order valence-electron chi connectivity index (χ4n) is 13.0. The smallest absolute Gasteiger partial charge is 0.358 e. The van der Waals surface area contributed by atoms with Gasteiger partial charge in [0.05, 0.1) is 68.5 Å². The second-order valence-corrected chi connectivity index (χ2v) is 25.7.